The van der Waals surface area contributed by atoms with Crippen LogP contribution in [0.2, 0.25) is 5.15 Å². The second kappa shape index (κ2) is 4.45. The van der Waals surface area contributed by atoms with Crippen molar-refractivity contribution in [1.82, 2.24) is 9.97 Å². The molecular formula is C10H11ClN4. The lowest BCUT2D eigenvalue weighted by atomic mass is 9.99. The van der Waals surface area contributed by atoms with Crippen LogP contribution in [0.1, 0.15) is 12.8 Å². The van der Waals surface area contributed by atoms with Crippen molar-refractivity contribution >= 4 is 17.4 Å². The molecule has 0 N–H and O–H groups in total. The standard InChI is InChI=1S/C10H11ClN4/c11-9-5-10(14-7-13-9)15-3-1-8(6-12)2-4-15/h5,7-8H,1-4H2. The van der Waals surface area contributed by atoms with E-state index in [-0.39, 0.29) is 5.92 Å². The Labute approximate surface area is 93.5 Å². The average molecular weight is 223 g/mol. The maximum absolute atomic E-state index is 8.78. The lowest BCUT2D eigenvalue weighted by Crippen LogP contribution is -2.33. The van der Waals surface area contributed by atoms with Gasteiger partial charge in [-0.25, -0.2) is 9.97 Å². The smallest absolute Gasteiger partial charge is 0.134 e. The third-order valence-corrected chi connectivity index (χ3v) is 2.83. The summed E-state index contributed by atoms with van der Waals surface area (Å²) in [6, 6.07) is 4.06. The predicted molar refractivity (Wildman–Crippen MR) is 57.6 cm³/mol. The van der Waals surface area contributed by atoms with Gasteiger partial charge in [0.15, 0.2) is 0 Å². The van der Waals surface area contributed by atoms with Crippen LogP contribution in [-0.2, 0) is 0 Å². The molecule has 2 heterocycles. The number of halogens is 1. The highest BCUT2D eigenvalue weighted by molar-refractivity contribution is 6.29. The summed E-state index contributed by atoms with van der Waals surface area (Å²) in [4.78, 5) is 10.1. The number of rotatable bonds is 1. The predicted octanol–water partition coefficient (Wildman–Crippen LogP) is 1.87. The molecular weight excluding hydrogens is 212 g/mol. The van der Waals surface area contributed by atoms with Crippen molar-refractivity contribution in [3.8, 4) is 6.07 Å². The van der Waals surface area contributed by atoms with Gasteiger partial charge >= 0.3 is 0 Å². The Kier molecular flexibility index (Phi) is 3.02. The number of anilines is 1. The van der Waals surface area contributed by atoms with Crippen molar-refractivity contribution in [3.05, 3.63) is 17.5 Å². The van der Waals surface area contributed by atoms with Gasteiger partial charge in [-0.2, -0.15) is 5.26 Å². The molecule has 0 spiro atoms. The molecule has 4 nitrogen and oxygen atoms in total. The van der Waals surface area contributed by atoms with Crippen LogP contribution >= 0.6 is 11.6 Å². The minimum absolute atomic E-state index is 0.193. The minimum atomic E-state index is 0.193. The Hall–Kier alpha value is -1.34. The molecule has 1 fully saturated rings. The van der Waals surface area contributed by atoms with Gasteiger partial charge in [0.2, 0.25) is 0 Å². The monoisotopic (exact) mass is 222 g/mol. The van der Waals surface area contributed by atoms with Crippen LogP contribution in [0.4, 0.5) is 5.82 Å². The molecule has 0 saturated carbocycles. The molecule has 0 amide bonds. The zero-order valence-corrected chi connectivity index (χ0v) is 8.98. The lowest BCUT2D eigenvalue weighted by Gasteiger charge is -2.29. The molecule has 0 aliphatic carbocycles. The third-order valence-electron chi connectivity index (χ3n) is 2.62. The van der Waals surface area contributed by atoms with Crippen molar-refractivity contribution in [3.63, 3.8) is 0 Å². The van der Waals surface area contributed by atoms with Gasteiger partial charge in [-0.1, -0.05) is 11.6 Å². The zero-order chi connectivity index (χ0) is 10.7. The highest BCUT2D eigenvalue weighted by Crippen LogP contribution is 2.22. The molecule has 0 atom stereocenters. The fourth-order valence-corrected chi connectivity index (χ4v) is 1.88. The van der Waals surface area contributed by atoms with Crippen LogP contribution in [-0.4, -0.2) is 23.1 Å². The molecule has 0 unspecified atom stereocenters. The second-order valence-corrected chi connectivity index (χ2v) is 3.98. The topological polar surface area (TPSA) is 52.8 Å². The van der Waals surface area contributed by atoms with E-state index < -0.39 is 0 Å². The van der Waals surface area contributed by atoms with E-state index >= 15 is 0 Å². The number of piperidine rings is 1. The largest absolute Gasteiger partial charge is 0.356 e. The SMILES string of the molecule is N#CC1CCN(c2cc(Cl)ncn2)CC1. The molecule has 78 valence electrons. The molecule has 5 heteroatoms. The lowest BCUT2D eigenvalue weighted by molar-refractivity contribution is 0.485. The van der Waals surface area contributed by atoms with Crippen LogP contribution in [0.15, 0.2) is 12.4 Å². The van der Waals surface area contributed by atoms with Crippen molar-refractivity contribution in [2.24, 2.45) is 5.92 Å². The number of nitrogens with zero attached hydrogens (tertiary/aromatic N) is 4. The van der Waals surface area contributed by atoms with E-state index in [1.165, 1.54) is 6.33 Å². The van der Waals surface area contributed by atoms with Crippen LogP contribution < -0.4 is 4.90 Å². The molecule has 15 heavy (non-hydrogen) atoms. The van der Waals surface area contributed by atoms with Crippen LogP contribution in [0.3, 0.4) is 0 Å². The summed E-state index contributed by atoms with van der Waals surface area (Å²) in [6.45, 7) is 1.73. The Balaban J connectivity index is 2.05. The van der Waals surface area contributed by atoms with Gasteiger partial charge in [0.05, 0.1) is 6.07 Å². The second-order valence-electron chi connectivity index (χ2n) is 3.59. The number of hydrogen-bond acceptors (Lipinski definition) is 4. The van der Waals surface area contributed by atoms with E-state index in [1.807, 2.05) is 0 Å². The summed E-state index contributed by atoms with van der Waals surface area (Å²) < 4.78 is 0. The molecule has 1 aliphatic rings. The Morgan fingerprint density at radius 1 is 1.40 bits per heavy atom. The highest BCUT2D eigenvalue weighted by atomic mass is 35.5. The summed E-state index contributed by atoms with van der Waals surface area (Å²) >= 11 is 5.79. The van der Waals surface area contributed by atoms with Crippen molar-refractivity contribution < 1.29 is 0 Å². The average Bonchev–Trinajstić information content (AvgIpc) is 2.29. The van der Waals surface area contributed by atoms with E-state index in [0.717, 1.165) is 31.7 Å². The summed E-state index contributed by atoms with van der Waals surface area (Å²) in [5, 5.41) is 9.24. The number of hydrogen-bond donors (Lipinski definition) is 0. The Morgan fingerprint density at radius 2 is 2.13 bits per heavy atom. The molecule has 0 radical (unpaired) electrons. The van der Waals surface area contributed by atoms with Gasteiger partial charge in [0, 0.05) is 25.1 Å². The molecule has 0 aromatic carbocycles. The number of nitriles is 1. The Morgan fingerprint density at radius 3 is 2.73 bits per heavy atom. The van der Waals surface area contributed by atoms with Gasteiger partial charge in [-0.15, -0.1) is 0 Å². The van der Waals surface area contributed by atoms with Crippen LogP contribution in [0.25, 0.3) is 0 Å². The summed E-state index contributed by atoms with van der Waals surface area (Å²) in [5.41, 5.74) is 0. The normalized spacial score (nSPS) is 17.5. The first-order valence-electron chi connectivity index (χ1n) is 4.91. The molecule has 1 aliphatic heterocycles. The van der Waals surface area contributed by atoms with Gasteiger partial charge < -0.3 is 4.90 Å². The fraction of sp³-hybridized carbons (Fsp3) is 0.500. The van der Waals surface area contributed by atoms with E-state index in [2.05, 4.69) is 20.9 Å². The van der Waals surface area contributed by atoms with E-state index in [0.29, 0.717) is 5.15 Å². The highest BCUT2D eigenvalue weighted by Gasteiger charge is 2.19. The quantitative estimate of drug-likeness (QED) is 0.681. The fourth-order valence-electron chi connectivity index (χ4n) is 1.73. The van der Waals surface area contributed by atoms with Crippen molar-refractivity contribution in [1.29, 1.82) is 5.26 Å². The summed E-state index contributed by atoms with van der Waals surface area (Å²) in [5.74, 6) is 1.05. The molecule has 2 rings (SSSR count). The van der Waals surface area contributed by atoms with Crippen LogP contribution in [0, 0.1) is 17.2 Å². The van der Waals surface area contributed by atoms with Crippen molar-refractivity contribution in [2.75, 3.05) is 18.0 Å². The van der Waals surface area contributed by atoms with Gasteiger partial charge in [-0.05, 0) is 12.8 Å². The van der Waals surface area contributed by atoms with E-state index in [9.17, 15) is 0 Å². The molecule has 0 bridgehead atoms. The first kappa shape index (κ1) is 10.2. The summed E-state index contributed by atoms with van der Waals surface area (Å²) in [6.07, 6.45) is 3.27. The molecule has 1 aromatic heterocycles. The van der Waals surface area contributed by atoms with Gasteiger partial charge in [0.1, 0.15) is 17.3 Å². The van der Waals surface area contributed by atoms with Crippen molar-refractivity contribution in [2.45, 2.75) is 12.8 Å². The number of aromatic nitrogens is 2. The summed E-state index contributed by atoms with van der Waals surface area (Å²) in [7, 11) is 0. The molecule has 1 aromatic rings. The maximum atomic E-state index is 8.78. The maximum Gasteiger partial charge on any atom is 0.134 e. The van der Waals surface area contributed by atoms with Gasteiger partial charge in [-0.3, -0.25) is 0 Å². The van der Waals surface area contributed by atoms with Crippen LogP contribution in [0.5, 0.6) is 0 Å². The first-order valence-corrected chi connectivity index (χ1v) is 5.29. The minimum Gasteiger partial charge on any atom is -0.356 e. The van der Waals surface area contributed by atoms with E-state index in [1.54, 1.807) is 6.07 Å². The third kappa shape index (κ3) is 2.37. The first-order chi connectivity index (χ1) is 7.29. The Bertz CT molecular complexity index is 379. The molecule has 1 saturated heterocycles. The van der Waals surface area contributed by atoms with E-state index in [4.69, 9.17) is 16.9 Å². The zero-order valence-electron chi connectivity index (χ0n) is 8.23. The van der Waals surface area contributed by atoms with Gasteiger partial charge in [0.25, 0.3) is 0 Å².